The highest BCUT2D eigenvalue weighted by atomic mass is 16.2. The zero-order valence-corrected chi connectivity index (χ0v) is 12.9. The number of aryl methyl sites for hydroxylation is 1. The lowest BCUT2D eigenvalue weighted by atomic mass is 10.1. The molecular weight excluding hydrogens is 276 g/mol. The van der Waals surface area contributed by atoms with Crippen LogP contribution in [0.4, 0.5) is 10.5 Å². The number of amides is 2. The van der Waals surface area contributed by atoms with Gasteiger partial charge in [0, 0.05) is 18.7 Å². The van der Waals surface area contributed by atoms with Crippen molar-refractivity contribution in [1.82, 2.24) is 14.9 Å². The van der Waals surface area contributed by atoms with Gasteiger partial charge in [0.2, 0.25) is 0 Å². The molecule has 0 atom stereocenters. The van der Waals surface area contributed by atoms with E-state index in [0.29, 0.717) is 13.1 Å². The van der Waals surface area contributed by atoms with Crippen LogP contribution in [0.1, 0.15) is 36.7 Å². The second-order valence-electron chi connectivity index (χ2n) is 5.73. The third-order valence-corrected chi connectivity index (χ3v) is 4.09. The number of hydrogen-bond acceptors (Lipinski definition) is 2. The first-order chi connectivity index (χ1) is 10.8. The highest BCUT2D eigenvalue weighted by molar-refractivity contribution is 5.89. The minimum atomic E-state index is -0.0541. The summed E-state index contributed by atoms with van der Waals surface area (Å²) in [5.74, 6) is 0. The topological polar surface area (TPSA) is 61.0 Å². The molecule has 0 unspecified atom stereocenters. The van der Waals surface area contributed by atoms with Gasteiger partial charge in [-0.3, -0.25) is 0 Å². The van der Waals surface area contributed by atoms with Crippen LogP contribution in [0, 0.1) is 0 Å². The van der Waals surface area contributed by atoms with Crippen molar-refractivity contribution in [2.24, 2.45) is 0 Å². The summed E-state index contributed by atoms with van der Waals surface area (Å²) in [6, 6.07) is 8.09. The molecule has 2 amide bonds. The van der Waals surface area contributed by atoms with E-state index in [2.05, 4.69) is 34.3 Å². The van der Waals surface area contributed by atoms with Gasteiger partial charge in [-0.25, -0.2) is 9.78 Å². The van der Waals surface area contributed by atoms with Crippen LogP contribution in [0.2, 0.25) is 0 Å². The average molecular weight is 298 g/mol. The molecule has 0 aliphatic carbocycles. The number of carbonyl (C=O) groups excluding carboxylic acids is 1. The van der Waals surface area contributed by atoms with E-state index in [4.69, 9.17) is 0 Å². The number of aromatic amines is 1. The number of hydrogen-bond donors (Lipinski definition) is 2. The molecule has 0 saturated heterocycles. The van der Waals surface area contributed by atoms with Gasteiger partial charge in [0.15, 0.2) is 0 Å². The van der Waals surface area contributed by atoms with Crippen molar-refractivity contribution in [3.8, 4) is 0 Å². The standard InChI is InChI=1S/C17H22N4O/c1-2-3-4-13-5-7-14(8-6-13)20-17(22)21-10-9-15-16(11-21)19-12-18-15/h5-8,12H,2-4,9-11H2,1H3,(H,18,19)(H,20,22). The molecule has 1 aromatic carbocycles. The Morgan fingerprint density at radius 1 is 1.36 bits per heavy atom. The number of nitrogens with zero attached hydrogens (tertiary/aromatic N) is 2. The first-order valence-electron chi connectivity index (χ1n) is 7.92. The van der Waals surface area contributed by atoms with Crippen LogP contribution in [0.3, 0.4) is 0 Å². The SMILES string of the molecule is CCCCc1ccc(NC(=O)N2CCc3nc[nH]c3C2)cc1. The Balaban J connectivity index is 1.58. The number of H-pyrrole nitrogens is 1. The van der Waals surface area contributed by atoms with Crippen LogP contribution in [0.25, 0.3) is 0 Å². The van der Waals surface area contributed by atoms with Gasteiger partial charge in [-0.15, -0.1) is 0 Å². The van der Waals surface area contributed by atoms with E-state index in [1.165, 1.54) is 18.4 Å². The van der Waals surface area contributed by atoms with E-state index >= 15 is 0 Å². The molecule has 2 aromatic rings. The molecular formula is C17H22N4O. The summed E-state index contributed by atoms with van der Waals surface area (Å²) in [7, 11) is 0. The summed E-state index contributed by atoms with van der Waals surface area (Å²) in [6.07, 6.45) is 6.00. The molecule has 0 radical (unpaired) electrons. The van der Waals surface area contributed by atoms with Crippen molar-refractivity contribution in [3.05, 3.63) is 47.5 Å². The van der Waals surface area contributed by atoms with Crippen molar-refractivity contribution in [1.29, 1.82) is 0 Å². The van der Waals surface area contributed by atoms with Crippen LogP contribution in [0.15, 0.2) is 30.6 Å². The fourth-order valence-corrected chi connectivity index (χ4v) is 2.72. The van der Waals surface area contributed by atoms with Crippen molar-refractivity contribution >= 4 is 11.7 Å². The quantitative estimate of drug-likeness (QED) is 0.909. The predicted molar refractivity (Wildman–Crippen MR) is 86.8 cm³/mol. The van der Waals surface area contributed by atoms with Crippen molar-refractivity contribution in [2.45, 2.75) is 39.2 Å². The van der Waals surface area contributed by atoms with Gasteiger partial charge in [0.1, 0.15) is 0 Å². The number of benzene rings is 1. The number of aromatic nitrogens is 2. The Bertz CT molecular complexity index is 632. The van der Waals surface area contributed by atoms with Crippen molar-refractivity contribution in [2.75, 3.05) is 11.9 Å². The third kappa shape index (κ3) is 3.30. The second-order valence-corrected chi connectivity index (χ2v) is 5.73. The molecule has 1 aromatic heterocycles. The number of carbonyl (C=O) groups is 1. The molecule has 2 N–H and O–H groups in total. The smallest absolute Gasteiger partial charge is 0.322 e. The van der Waals surface area contributed by atoms with E-state index in [1.54, 1.807) is 6.33 Å². The largest absolute Gasteiger partial charge is 0.347 e. The molecule has 5 heteroatoms. The summed E-state index contributed by atoms with van der Waals surface area (Å²) in [5.41, 5.74) is 4.28. The lowest BCUT2D eigenvalue weighted by Crippen LogP contribution is -2.38. The molecule has 3 rings (SSSR count). The number of rotatable bonds is 4. The monoisotopic (exact) mass is 298 g/mol. The normalized spacial score (nSPS) is 13.8. The molecule has 22 heavy (non-hydrogen) atoms. The summed E-state index contributed by atoms with van der Waals surface area (Å²) < 4.78 is 0. The molecule has 0 fully saturated rings. The summed E-state index contributed by atoms with van der Waals surface area (Å²) in [5, 5.41) is 2.97. The number of fused-ring (bicyclic) bond motifs is 1. The first-order valence-corrected chi connectivity index (χ1v) is 7.92. The van der Waals surface area contributed by atoms with E-state index in [-0.39, 0.29) is 6.03 Å². The number of nitrogens with one attached hydrogen (secondary N) is 2. The summed E-state index contributed by atoms with van der Waals surface area (Å²) >= 11 is 0. The maximum atomic E-state index is 12.3. The maximum Gasteiger partial charge on any atom is 0.322 e. The zero-order valence-electron chi connectivity index (χ0n) is 12.9. The summed E-state index contributed by atoms with van der Waals surface area (Å²) in [4.78, 5) is 21.5. The Labute approximate surface area is 130 Å². The molecule has 116 valence electrons. The van der Waals surface area contributed by atoms with E-state index in [9.17, 15) is 4.79 Å². The molecule has 5 nitrogen and oxygen atoms in total. The van der Waals surface area contributed by atoms with Gasteiger partial charge in [0.05, 0.1) is 24.3 Å². The number of imidazole rings is 1. The molecule has 2 heterocycles. The number of anilines is 1. The van der Waals surface area contributed by atoms with Crippen molar-refractivity contribution in [3.63, 3.8) is 0 Å². The van der Waals surface area contributed by atoms with Gasteiger partial charge < -0.3 is 15.2 Å². The van der Waals surface area contributed by atoms with Crippen LogP contribution in [0.5, 0.6) is 0 Å². The fourth-order valence-electron chi connectivity index (χ4n) is 2.72. The van der Waals surface area contributed by atoms with Gasteiger partial charge in [-0.05, 0) is 30.5 Å². The van der Waals surface area contributed by atoms with Gasteiger partial charge in [0.25, 0.3) is 0 Å². The summed E-state index contributed by atoms with van der Waals surface area (Å²) in [6.45, 7) is 3.49. The van der Waals surface area contributed by atoms with E-state index in [1.807, 2.05) is 17.0 Å². The number of unbranched alkanes of at least 4 members (excludes halogenated alkanes) is 1. The molecule has 1 aliphatic rings. The van der Waals surface area contributed by atoms with Gasteiger partial charge in [-0.2, -0.15) is 0 Å². The average Bonchev–Trinajstić information content (AvgIpc) is 3.01. The van der Waals surface area contributed by atoms with Crippen LogP contribution >= 0.6 is 0 Å². The zero-order chi connectivity index (χ0) is 15.4. The highest BCUT2D eigenvalue weighted by Gasteiger charge is 2.22. The van der Waals surface area contributed by atoms with E-state index < -0.39 is 0 Å². The Hall–Kier alpha value is -2.30. The minimum Gasteiger partial charge on any atom is -0.347 e. The first kappa shape index (κ1) is 14.6. The fraction of sp³-hybridized carbons (Fsp3) is 0.412. The minimum absolute atomic E-state index is 0.0541. The highest BCUT2D eigenvalue weighted by Crippen LogP contribution is 2.17. The van der Waals surface area contributed by atoms with Crippen LogP contribution in [-0.4, -0.2) is 27.4 Å². The molecule has 0 bridgehead atoms. The molecule has 0 spiro atoms. The Morgan fingerprint density at radius 2 is 2.18 bits per heavy atom. The number of urea groups is 1. The van der Waals surface area contributed by atoms with E-state index in [0.717, 1.165) is 29.9 Å². The molecule has 0 saturated carbocycles. The lowest BCUT2D eigenvalue weighted by molar-refractivity contribution is 0.205. The van der Waals surface area contributed by atoms with Crippen LogP contribution < -0.4 is 5.32 Å². The van der Waals surface area contributed by atoms with Crippen molar-refractivity contribution < 1.29 is 4.79 Å². The predicted octanol–water partition coefficient (Wildman–Crippen LogP) is 3.34. The Morgan fingerprint density at radius 3 is 2.95 bits per heavy atom. The van der Waals surface area contributed by atoms with Gasteiger partial charge in [-0.1, -0.05) is 25.5 Å². The van der Waals surface area contributed by atoms with Crippen LogP contribution in [-0.2, 0) is 19.4 Å². The molecule has 1 aliphatic heterocycles. The Kier molecular flexibility index (Phi) is 4.42. The second kappa shape index (κ2) is 6.64. The maximum absolute atomic E-state index is 12.3. The van der Waals surface area contributed by atoms with Gasteiger partial charge >= 0.3 is 6.03 Å². The third-order valence-electron chi connectivity index (χ3n) is 4.09. The lowest BCUT2D eigenvalue weighted by Gasteiger charge is -2.26.